The van der Waals surface area contributed by atoms with Crippen LogP contribution in [0.4, 0.5) is 0 Å². The third kappa shape index (κ3) is 8.61. The van der Waals surface area contributed by atoms with Gasteiger partial charge in [-0.05, 0) is 69.6 Å². The van der Waals surface area contributed by atoms with Crippen molar-refractivity contribution in [1.29, 1.82) is 0 Å². The Morgan fingerprint density at radius 2 is 1.72 bits per heavy atom. The summed E-state index contributed by atoms with van der Waals surface area (Å²) in [4.78, 5) is 56.8. The van der Waals surface area contributed by atoms with Crippen LogP contribution in [0.1, 0.15) is 83.5 Å². The van der Waals surface area contributed by atoms with Gasteiger partial charge in [-0.15, -0.1) is 0 Å². The number of hydrogen-bond acceptors (Lipinski definition) is 8. The van der Waals surface area contributed by atoms with Gasteiger partial charge in [0, 0.05) is 18.4 Å². The summed E-state index contributed by atoms with van der Waals surface area (Å²) in [5.41, 5.74) is 5.49. The summed E-state index contributed by atoms with van der Waals surface area (Å²) in [6.45, 7) is 7.31. The van der Waals surface area contributed by atoms with E-state index in [2.05, 4.69) is 16.1 Å². The van der Waals surface area contributed by atoms with E-state index in [1.165, 1.54) is 5.01 Å². The molecule has 5 bridgehead atoms. The predicted octanol–water partition coefficient (Wildman–Crippen LogP) is 2.93. The van der Waals surface area contributed by atoms with Crippen LogP contribution in [0.15, 0.2) is 36.4 Å². The van der Waals surface area contributed by atoms with Gasteiger partial charge in [0.2, 0.25) is 5.91 Å². The van der Waals surface area contributed by atoms with Gasteiger partial charge in [0.05, 0.1) is 23.4 Å². The van der Waals surface area contributed by atoms with Crippen molar-refractivity contribution in [2.75, 3.05) is 6.54 Å². The van der Waals surface area contributed by atoms with Gasteiger partial charge in [0.25, 0.3) is 11.8 Å². The molecule has 3 heterocycles. The van der Waals surface area contributed by atoms with Crippen molar-refractivity contribution in [3.05, 3.63) is 47.7 Å². The number of aliphatic hydroxyl groups is 1. The van der Waals surface area contributed by atoms with Crippen molar-refractivity contribution in [2.45, 2.75) is 96.6 Å². The molecule has 0 unspecified atom stereocenters. The Morgan fingerprint density at radius 3 is 2.49 bits per heavy atom. The van der Waals surface area contributed by atoms with Gasteiger partial charge in [0.1, 0.15) is 12.1 Å². The lowest BCUT2D eigenvalue weighted by Crippen LogP contribution is -2.61. The molecule has 0 spiro atoms. The molecule has 2 aromatic rings. The molecule has 1 saturated heterocycles. The number of esters is 1. The number of rotatable bonds is 1. The number of hydrazine groups is 1. The topological polar surface area (TPSA) is 150 Å². The molecule has 1 fully saturated rings. The number of benzene rings is 1. The van der Waals surface area contributed by atoms with Gasteiger partial charge in [0.15, 0.2) is 6.10 Å². The van der Waals surface area contributed by atoms with E-state index >= 15 is 0 Å². The van der Waals surface area contributed by atoms with Crippen LogP contribution >= 0.6 is 0 Å². The zero-order valence-corrected chi connectivity index (χ0v) is 25.3. The zero-order chi connectivity index (χ0) is 31.1. The second kappa shape index (κ2) is 14.6. The van der Waals surface area contributed by atoms with Gasteiger partial charge < -0.3 is 20.5 Å². The maximum Gasteiger partial charge on any atom is 0.306 e. The minimum absolute atomic E-state index is 0.0336. The summed E-state index contributed by atoms with van der Waals surface area (Å²) in [6.07, 6.45) is 4.56. The maximum absolute atomic E-state index is 13.2. The van der Waals surface area contributed by atoms with Gasteiger partial charge in [-0.2, -0.15) is 0 Å². The molecule has 4 N–H and O–H groups in total. The monoisotopic (exact) mass is 593 g/mol. The fourth-order valence-electron chi connectivity index (χ4n) is 5.24. The minimum atomic E-state index is -1.09. The number of ether oxygens (including phenoxy) is 1. The van der Waals surface area contributed by atoms with Crippen LogP contribution in [0.2, 0.25) is 0 Å². The molecule has 232 valence electrons. The first kappa shape index (κ1) is 32.1. The highest BCUT2D eigenvalue weighted by Crippen LogP contribution is 2.20. The molecule has 1 aromatic carbocycles. The van der Waals surface area contributed by atoms with Crippen LogP contribution in [-0.2, 0) is 23.9 Å². The second-order valence-corrected chi connectivity index (χ2v) is 11.8. The number of fused-ring (bicyclic) bond motifs is 4. The first-order chi connectivity index (χ1) is 20.5. The highest BCUT2D eigenvalue weighted by Gasteiger charge is 2.33. The first-order valence-electron chi connectivity index (χ1n) is 15.1. The van der Waals surface area contributed by atoms with Crippen molar-refractivity contribution in [3.8, 4) is 0 Å². The number of aromatic nitrogens is 1. The summed E-state index contributed by atoms with van der Waals surface area (Å²) in [5, 5.41) is 18.4. The van der Waals surface area contributed by atoms with Crippen LogP contribution in [-0.4, -0.2) is 69.6 Å². The summed E-state index contributed by atoms with van der Waals surface area (Å²) in [6, 6.07) is 7.91. The molecule has 2 aliphatic heterocycles. The lowest BCUT2D eigenvalue weighted by Gasteiger charge is -2.35. The number of carbonyl (C=O) groups excluding carboxylic acids is 4. The van der Waals surface area contributed by atoms with Crippen LogP contribution < -0.4 is 16.1 Å². The molecule has 0 radical (unpaired) electrons. The molecule has 4 rings (SSSR count). The van der Waals surface area contributed by atoms with E-state index in [-0.39, 0.29) is 30.7 Å². The van der Waals surface area contributed by atoms with Crippen LogP contribution in [0.25, 0.3) is 17.0 Å². The Bertz CT molecular complexity index is 1360. The second-order valence-electron chi connectivity index (χ2n) is 11.8. The molecule has 1 aromatic heterocycles. The molecule has 43 heavy (non-hydrogen) atoms. The molecule has 3 amide bonds. The molecule has 11 nitrogen and oxygen atoms in total. The lowest BCUT2D eigenvalue weighted by molar-refractivity contribution is -0.160. The quantitative estimate of drug-likeness (QED) is 0.369. The molecule has 0 aliphatic carbocycles. The number of allylic oxidation sites excluding steroid dienone is 1. The van der Waals surface area contributed by atoms with E-state index in [0.29, 0.717) is 37.9 Å². The summed E-state index contributed by atoms with van der Waals surface area (Å²) < 4.78 is 5.47. The molecule has 0 saturated carbocycles. The lowest BCUT2D eigenvalue weighted by atomic mass is 10.1. The number of cyclic esters (lactones) is 1. The van der Waals surface area contributed by atoms with Crippen LogP contribution in [0, 0.1) is 5.92 Å². The van der Waals surface area contributed by atoms with Gasteiger partial charge in [-0.3, -0.25) is 29.2 Å². The van der Waals surface area contributed by atoms with Crippen LogP contribution in [0.5, 0.6) is 0 Å². The van der Waals surface area contributed by atoms with E-state index in [1.54, 1.807) is 20.8 Å². The Hall–Kier alpha value is -3.83. The van der Waals surface area contributed by atoms with Crippen LogP contribution in [0.3, 0.4) is 0 Å². The van der Waals surface area contributed by atoms with Crippen molar-refractivity contribution < 1.29 is 29.0 Å². The highest BCUT2D eigenvalue weighted by atomic mass is 16.5. The predicted molar refractivity (Wildman–Crippen MR) is 162 cm³/mol. The Morgan fingerprint density at radius 1 is 0.977 bits per heavy atom. The fourth-order valence-corrected chi connectivity index (χ4v) is 5.24. The normalized spacial score (nSPS) is 27.8. The van der Waals surface area contributed by atoms with E-state index in [0.717, 1.165) is 16.5 Å². The van der Waals surface area contributed by atoms with Gasteiger partial charge >= 0.3 is 5.97 Å². The SMILES string of the molecule is CC(C)[C@H]1OC(=O)CC[C@@H](O)CC/C=C/c2ccc3ccc(nc3c2)[C@@H](C)NC(=O)[C@@H]2CCCN(N2)C(=O)[C@H](C)NC1=O. The van der Waals surface area contributed by atoms with Gasteiger partial charge in [-0.1, -0.05) is 44.2 Å². The average Bonchev–Trinajstić information content (AvgIpc) is 2.99. The van der Waals surface area contributed by atoms with Crippen molar-refractivity contribution in [3.63, 3.8) is 0 Å². The molecule has 5 atom stereocenters. The number of nitrogens with zero attached hydrogens (tertiary/aromatic N) is 2. The Balaban J connectivity index is 1.55. The molecule has 11 heteroatoms. The largest absolute Gasteiger partial charge is 0.452 e. The third-order valence-electron chi connectivity index (χ3n) is 7.82. The number of carbonyl (C=O) groups is 4. The van der Waals surface area contributed by atoms with E-state index < -0.39 is 42.1 Å². The van der Waals surface area contributed by atoms with E-state index in [9.17, 15) is 24.3 Å². The maximum atomic E-state index is 13.2. The number of nitrogens with one attached hydrogen (secondary N) is 3. The van der Waals surface area contributed by atoms with Crippen molar-refractivity contribution in [2.24, 2.45) is 5.92 Å². The number of amides is 3. The van der Waals surface area contributed by atoms with Crippen molar-refractivity contribution >= 4 is 40.7 Å². The number of hydrogen-bond donors (Lipinski definition) is 4. The molecular formula is C32H43N5O6. The third-order valence-corrected chi connectivity index (χ3v) is 7.82. The summed E-state index contributed by atoms with van der Waals surface area (Å²) in [7, 11) is 0. The fraction of sp³-hybridized carbons (Fsp3) is 0.531. The Kier molecular flexibility index (Phi) is 10.9. The Labute approximate surface area is 252 Å². The van der Waals surface area contributed by atoms with E-state index in [1.807, 2.05) is 49.4 Å². The van der Waals surface area contributed by atoms with Gasteiger partial charge in [-0.25, -0.2) is 5.43 Å². The van der Waals surface area contributed by atoms with E-state index in [4.69, 9.17) is 9.72 Å². The first-order valence-corrected chi connectivity index (χ1v) is 15.1. The smallest absolute Gasteiger partial charge is 0.306 e. The number of aliphatic hydroxyl groups excluding tert-OH is 1. The average molecular weight is 594 g/mol. The zero-order valence-electron chi connectivity index (χ0n) is 25.3. The summed E-state index contributed by atoms with van der Waals surface area (Å²) in [5.74, 6) is -2.15. The number of pyridine rings is 1. The van der Waals surface area contributed by atoms with Crippen molar-refractivity contribution in [1.82, 2.24) is 26.1 Å². The minimum Gasteiger partial charge on any atom is -0.452 e. The standard InChI is InChI=1S/C32H43N5O6/c1-19(2)29-31(41)34-21(4)32(42)37-17-7-10-26(36-37)30(40)33-20(3)25-15-13-23-12-11-22(18-27(23)35-25)8-5-6-9-24(38)14-16-28(39)43-29/h5,8,11-13,15,18-21,24,26,29,36,38H,6-7,9-10,14,16-17H2,1-4H3,(H,33,40)(H,34,41)/b8-5+/t20-,21+,24+,26+,29-/m1/s1. The molecule has 2 aliphatic rings. The highest BCUT2D eigenvalue weighted by molar-refractivity contribution is 5.90. The molecular weight excluding hydrogens is 550 g/mol. The summed E-state index contributed by atoms with van der Waals surface area (Å²) >= 11 is 0.